The van der Waals surface area contributed by atoms with E-state index in [0.29, 0.717) is 35.5 Å². The SMILES string of the molecule is CCC(C(=O)Nc1ncc2c(n1)CC(c1ccc(Cl)cc1)CC2=O)c1ccccc1. The highest BCUT2D eigenvalue weighted by molar-refractivity contribution is 6.30. The molecule has 0 saturated carbocycles. The first-order valence-corrected chi connectivity index (χ1v) is 10.4. The Kier molecular flexibility index (Phi) is 5.91. The van der Waals surface area contributed by atoms with E-state index in [1.807, 2.05) is 61.5 Å². The number of halogens is 1. The van der Waals surface area contributed by atoms with Crippen molar-refractivity contribution in [2.75, 3.05) is 5.32 Å². The lowest BCUT2D eigenvalue weighted by Gasteiger charge is -2.23. The number of fused-ring (bicyclic) bond motifs is 1. The molecule has 1 aliphatic rings. The topological polar surface area (TPSA) is 72.0 Å². The summed E-state index contributed by atoms with van der Waals surface area (Å²) < 4.78 is 0. The van der Waals surface area contributed by atoms with Gasteiger partial charge in [0.05, 0.1) is 17.2 Å². The minimum Gasteiger partial charge on any atom is -0.294 e. The maximum Gasteiger partial charge on any atom is 0.234 e. The lowest BCUT2D eigenvalue weighted by molar-refractivity contribution is -0.117. The number of nitrogens with one attached hydrogen (secondary N) is 1. The van der Waals surface area contributed by atoms with Crippen LogP contribution in [-0.2, 0) is 11.2 Å². The zero-order valence-corrected chi connectivity index (χ0v) is 17.4. The minimum absolute atomic E-state index is 0.0183. The Balaban J connectivity index is 1.55. The number of carbonyl (C=O) groups excluding carboxylic acids is 2. The fraction of sp³-hybridized carbons (Fsp3) is 0.250. The highest BCUT2D eigenvalue weighted by Gasteiger charge is 2.28. The molecule has 3 aromatic rings. The van der Waals surface area contributed by atoms with Gasteiger partial charge in [0.2, 0.25) is 11.9 Å². The van der Waals surface area contributed by atoms with E-state index in [1.165, 1.54) is 6.20 Å². The lowest BCUT2D eigenvalue weighted by Crippen LogP contribution is -2.24. The van der Waals surface area contributed by atoms with Gasteiger partial charge in [-0.2, -0.15) is 0 Å². The van der Waals surface area contributed by atoms with E-state index < -0.39 is 0 Å². The van der Waals surface area contributed by atoms with Crippen LogP contribution in [0.15, 0.2) is 60.8 Å². The Morgan fingerprint density at radius 1 is 1.13 bits per heavy atom. The summed E-state index contributed by atoms with van der Waals surface area (Å²) in [4.78, 5) is 34.2. The van der Waals surface area contributed by atoms with Gasteiger partial charge in [-0.25, -0.2) is 9.97 Å². The number of carbonyl (C=O) groups is 2. The van der Waals surface area contributed by atoms with E-state index in [1.54, 1.807) is 0 Å². The molecular formula is C24H22ClN3O2. The number of nitrogens with zero attached hydrogens (tertiary/aromatic N) is 2. The van der Waals surface area contributed by atoms with Crippen molar-refractivity contribution in [1.82, 2.24) is 9.97 Å². The van der Waals surface area contributed by atoms with Crippen LogP contribution < -0.4 is 5.32 Å². The van der Waals surface area contributed by atoms with Crippen molar-refractivity contribution in [3.05, 3.63) is 88.2 Å². The Bertz CT molecular complexity index is 1070. The van der Waals surface area contributed by atoms with Crippen LogP contribution in [-0.4, -0.2) is 21.7 Å². The van der Waals surface area contributed by atoms with Crippen molar-refractivity contribution in [2.24, 2.45) is 0 Å². The van der Waals surface area contributed by atoms with Gasteiger partial charge in [0.15, 0.2) is 5.78 Å². The van der Waals surface area contributed by atoms with Crippen molar-refractivity contribution in [2.45, 2.75) is 38.0 Å². The summed E-state index contributed by atoms with van der Waals surface area (Å²) in [5.74, 6) is -0.148. The van der Waals surface area contributed by atoms with Gasteiger partial charge in [0.1, 0.15) is 0 Å². The monoisotopic (exact) mass is 419 g/mol. The molecule has 1 aliphatic carbocycles. The van der Waals surface area contributed by atoms with Gasteiger partial charge >= 0.3 is 0 Å². The van der Waals surface area contributed by atoms with Crippen LogP contribution in [0, 0.1) is 0 Å². The molecule has 2 atom stereocenters. The summed E-state index contributed by atoms with van der Waals surface area (Å²) in [5, 5.41) is 3.49. The molecule has 152 valence electrons. The number of anilines is 1. The highest BCUT2D eigenvalue weighted by Crippen LogP contribution is 2.32. The first-order valence-electron chi connectivity index (χ1n) is 10.1. The van der Waals surface area contributed by atoms with Crippen LogP contribution in [0.2, 0.25) is 5.02 Å². The predicted molar refractivity (Wildman–Crippen MR) is 117 cm³/mol. The number of rotatable bonds is 5. The summed E-state index contributed by atoms with van der Waals surface area (Å²) >= 11 is 5.98. The van der Waals surface area contributed by atoms with E-state index >= 15 is 0 Å². The van der Waals surface area contributed by atoms with Crippen LogP contribution in [0.5, 0.6) is 0 Å². The van der Waals surface area contributed by atoms with Gasteiger partial charge < -0.3 is 0 Å². The summed E-state index contributed by atoms with van der Waals surface area (Å²) in [6, 6.07) is 17.2. The van der Waals surface area contributed by atoms with Crippen molar-refractivity contribution in [3.63, 3.8) is 0 Å². The van der Waals surface area contributed by atoms with E-state index in [4.69, 9.17) is 11.6 Å². The maximum atomic E-state index is 12.8. The number of hydrogen-bond donors (Lipinski definition) is 1. The van der Waals surface area contributed by atoms with Crippen LogP contribution in [0.1, 0.15) is 58.8 Å². The van der Waals surface area contributed by atoms with Crippen molar-refractivity contribution in [3.8, 4) is 0 Å². The molecule has 4 rings (SSSR count). The van der Waals surface area contributed by atoms with E-state index in [2.05, 4.69) is 15.3 Å². The molecule has 5 nitrogen and oxygen atoms in total. The fourth-order valence-corrected chi connectivity index (χ4v) is 4.06. The highest BCUT2D eigenvalue weighted by atomic mass is 35.5. The molecule has 0 spiro atoms. The Morgan fingerprint density at radius 2 is 1.87 bits per heavy atom. The Hall–Kier alpha value is -3.05. The van der Waals surface area contributed by atoms with E-state index in [-0.39, 0.29) is 29.5 Å². The Labute approximate surface area is 180 Å². The van der Waals surface area contributed by atoms with Crippen LogP contribution in [0.3, 0.4) is 0 Å². The van der Waals surface area contributed by atoms with Crippen LogP contribution >= 0.6 is 11.6 Å². The summed E-state index contributed by atoms with van der Waals surface area (Å²) in [6.07, 6.45) is 3.22. The van der Waals surface area contributed by atoms with Crippen molar-refractivity contribution < 1.29 is 9.59 Å². The third kappa shape index (κ3) is 4.26. The average Bonchev–Trinajstić information content (AvgIpc) is 2.75. The first-order chi connectivity index (χ1) is 14.5. The van der Waals surface area contributed by atoms with Crippen LogP contribution in [0.4, 0.5) is 5.95 Å². The molecule has 2 aromatic carbocycles. The second-order valence-electron chi connectivity index (χ2n) is 7.49. The normalized spacial score (nSPS) is 16.6. The summed E-state index contributed by atoms with van der Waals surface area (Å²) in [6.45, 7) is 1.97. The molecule has 0 fully saturated rings. The van der Waals surface area contributed by atoms with Crippen LogP contribution in [0.25, 0.3) is 0 Å². The molecule has 1 N–H and O–H groups in total. The van der Waals surface area contributed by atoms with E-state index in [9.17, 15) is 9.59 Å². The maximum absolute atomic E-state index is 12.8. The van der Waals surface area contributed by atoms with Crippen molar-refractivity contribution >= 4 is 29.2 Å². The summed E-state index contributed by atoms with van der Waals surface area (Å²) in [5.41, 5.74) is 3.21. The van der Waals surface area contributed by atoms with E-state index in [0.717, 1.165) is 11.1 Å². The smallest absolute Gasteiger partial charge is 0.234 e. The third-order valence-electron chi connectivity index (χ3n) is 5.54. The lowest BCUT2D eigenvalue weighted by atomic mass is 9.82. The second-order valence-corrected chi connectivity index (χ2v) is 7.93. The largest absolute Gasteiger partial charge is 0.294 e. The second kappa shape index (κ2) is 8.76. The molecule has 0 bridgehead atoms. The molecule has 1 heterocycles. The predicted octanol–water partition coefficient (Wildman–Crippen LogP) is 5.18. The number of benzene rings is 2. The summed E-state index contributed by atoms with van der Waals surface area (Å²) in [7, 11) is 0. The zero-order chi connectivity index (χ0) is 21.1. The molecule has 6 heteroatoms. The molecule has 0 aliphatic heterocycles. The Morgan fingerprint density at radius 3 is 2.57 bits per heavy atom. The quantitative estimate of drug-likeness (QED) is 0.618. The number of ketones is 1. The first kappa shape index (κ1) is 20.2. The minimum atomic E-state index is -0.283. The number of amides is 1. The van der Waals surface area contributed by atoms with Gasteiger partial charge in [-0.1, -0.05) is 61.0 Å². The van der Waals surface area contributed by atoms with Gasteiger partial charge in [-0.15, -0.1) is 0 Å². The molecule has 1 aromatic heterocycles. The number of aromatic nitrogens is 2. The van der Waals surface area contributed by atoms with Crippen molar-refractivity contribution in [1.29, 1.82) is 0 Å². The molecule has 1 amide bonds. The van der Waals surface area contributed by atoms with Gasteiger partial charge in [0, 0.05) is 17.6 Å². The van der Waals surface area contributed by atoms with Gasteiger partial charge in [-0.05, 0) is 42.0 Å². The number of hydrogen-bond acceptors (Lipinski definition) is 4. The third-order valence-corrected chi connectivity index (χ3v) is 5.79. The van der Waals surface area contributed by atoms with Gasteiger partial charge in [0.25, 0.3) is 0 Å². The average molecular weight is 420 g/mol. The molecule has 2 unspecified atom stereocenters. The molecular weight excluding hydrogens is 398 g/mol. The number of Topliss-reactive ketones (excluding diaryl/α,β-unsaturated/α-hetero) is 1. The standard InChI is InChI=1S/C24H22ClN3O2/c1-2-19(16-6-4-3-5-7-16)23(30)28-24-26-14-20-21(27-24)12-17(13-22(20)29)15-8-10-18(25)11-9-15/h3-11,14,17,19H,2,12-13H2,1H3,(H,26,27,28,30). The molecule has 0 saturated heterocycles. The van der Waals surface area contributed by atoms with Gasteiger partial charge in [-0.3, -0.25) is 14.9 Å². The molecule has 0 radical (unpaired) electrons. The fourth-order valence-electron chi connectivity index (χ4n) is 3.93. The zero-order valence-electron chi connectivity index (χ0n) is 16.6. The molecule has 30 heavy (non-hydrogen) atoms.